The van der Waals surface area contributed by atoms with Crippen LogP contribution >= 0.6 is 11.6 Å². The molecule has 2 aromatic rings. The van der Waals surface area contributed by atoms with Gasteiger partial charge in [-0.05, 0) is 99.3 Å². The summed E-state index contributed by atoms with van der Waals surface area (Å²) in [6, 6.07) is 15.3. The SMILES string of the molecule is CN([C@H]1CC[C@H](c2ccc(CCNCCCCO)cc2)CC1)S(=O)(=O)c1ccc(Cl)cc1. The number of sulfonamides is 1. The van der Waals surface area contributed by atoms with Crippen LogP contribution in [0.25, 0.3) is 0 Å². The Bertz CT molecular complexity index is 925. The molecule has 0 spiro atoms. The van der Waals surface area contributed by atoms with Crippen LogP contribution in [0.4, 0.5) is 0 Å². The average Bonchev–Trinajstić information content (AvgIpc) is 2.81. The van der Waals surface area contributed by atoms with Gasteiger partial charge in [-0.2, -0.15) is 4.31 Å². The van der Waals surface area contributed by atoms with Crippen LogP contribution in [0.5, 0.6) is 0 Å². The quantitative estimate of drug-likeness (QED) is 0.463. The van der Waals surface area contributed by atoms with Crippen LogP contribution in [-0.2, 0) is 16.4 Å². The van der Waals surface area contributed by atoms with Gasteiger partial charge < -0.3 is 10.4 Å². The molecule has 1 aliphatic carbocycles. The maximum Gasteiger partial charge on any atom is 0.243 e. The highest BCUT2D eigenvalue weighted by molar-refractivity contribution is 7.89. The number of nitrogens with zero attached hydrogens (tertiary/aromatic N) is 1. The van der Waals surface area contributed by atoms with E-state index in [9.17, 15) is 8.42 Å². The highest BCUT2D eigenvalue weighted by atomic mass is 35.5. The van der Waals surface area contributed by atoms with Gasteiger partial charge in [0.1, 0.15) is 0 Å². The molecule has 1 saturated carbocycles. The average molecular weight is 479 g/mol. The molecule has 0 aromatic heterocycles. The molecule has 5 nitrogen and oxygen atoms in total. The summed E-state index contributed by atoms with van der Waals surface area (Å²) in [6.45, 7) is 2.16. The van der Waals surface area contributed by atoms with E-state index >= 15 is 0 Å². The van der Waals surface area contributed by atoms with Gasteiger partial charge in [0.2, 0.25) is 10.0 Å². The first-order chi connectivity index (χ1) is 15.4. The highest BCUT2D eigenvalue weighted by Gasteiger charge is 2.31. The molecule has 0 amide bonds. The van der Waals surface area contributed by atoms with Crippen molar-refractivity contribution in [2.24, 2.45) is 0 Å². The molecule has 0 heterocycles. The molecular weight excluding hydrogens is 444 g/mol. The second kappa shape index (κ2) is 12.1. The van der Waals surface area contributed by atoms with Crippen LogP contribution in [0.15, 0.2) is 53.4 Å². The van der Waals surface area contributed by atoms with Gasteiger partial charge >= 0.3 is 0 Å². The molecule has 1 fully saturated rings. The summed E-state index contributed by atoms with van der Waals surface area (Å²) in [5.41, 5.74) is 2.68. The fraction of sp³-hybridized carbons (Fsp3) is 0.520. The van der Waals surface area contributed by atoms with Crippen molar-refractivity contribution in [3.05, 3.63) is 64.7 Å². The van der Waals surface area contributed by atoms with Gasteiger partial charge in [0.25, 0.3) is 0 Å². The number of halogens is 1. The van der Waals surface area contributed by atoms with Gasteiger partial charge in [0.15, 0.2) is 0 Å². The number of benzene rings is 2. The van der Waals surface area contributed by atoms with Gasteiger partial charge in [-0.15, -0.1) is 0 Å². The lowest BCUT2D eigenvalue weighted by Crippen LogP contribution is -2.39. The summed E-state index contributed by atoms with van der Waals surface area (Å²) in [6.07, 6.45) is 6.59. The zero-order valence-electron chi connectivity index (χ0n) is 18.8. The number of unbranched alkanes of at least 4 members (excludes halogenated alkanes) is 1. The van der Waals surface area contributed by atoms with Crippen molar-refractivity contribution in [1.29, 1.82) is 0 Å². The van der Waals surface area contributed by atoms with Gasteiger partial charge in [0, 0.05) is 24.7 Å². The van der Waals surface area contributed by atoms with Crippen molar-refractivity contribution in [1.82, 2.24) is 9.62 Å². The number of nitrogens with one attached hydrogen (secondary N) is 1. The summed E-state index contributed by atoms with van der Waals surface area (Å²) < 4.78 is 27.5. The lowest BCUT2D eigenvalue weighted by Gasteiger charge is -2.34. The molecule has 3 rings (SSSR count). The number of hydrogen-bond acceptors (Lipinski definition) is 4. The van der Waals surface area contributed by atoms with Crippen molar-refractivity contribution in [3.63, 3.8) is 0 Å². The monoisotopic (exact) mass is 478 g/mol. The molecule has 0 saturated heterocycles. The van der Waals surface area contributed by atoms with Crippen LogP contribution in [0.2, 0.25) is 5.02 Å². The van der Waals surface area contributed by atoms with E-state index in [-0.39, 0.29) is 12.6 Å². The first-order valence-electron chi connectivity index (χ1n) is 11.6. The molecule has 0 radical (unpaired) electrons. The second-order valence-corrected chi connectivity index (χ2v) is 11.1. The van der Waals surface area contributed by atoms with Crippen LogP contribution < -0.4 is 5.32 Å². The van der Waals surface area contributed by atoms with Crippen LogP contribution in [-0.4, -0.2) is 50.6 Å². The van der Waals surface area contributed by atoms with Crippen molar-refractivity contribution in [2.45, 2.75) is 61.8 Å². The Morgan fingerprint density at radius 1 is 0.969 bits per heavy atom. The lowest BCUT2D eigenvalue weighted by atomic mass is 9.81. The van der Waals surface area contributed by atoms with E-state index in [1.165, 1.54) is 11.1 Å². The molecule has 176 valence electrons. The molecule has 0 unspecified atom stereocenters. The lowest BCUT2D eigenvalue weighted by molar-refractivity contribution is 0.268. The molecular formula is C25H35ClN2O3S. The third kappa shape index (κ3) is 6.78. The van der Waals surface area contributed by atoms with E-state index in [2.05, 4.69) is 29.6 Å². The highest BCUT2D eigenvalue weighted by Crippen LogP contribution is 2.36. The standard InChI is InChI=1S/C25H35ClN2O3S/c1-28(32(30,31)25-14-10-23(26)11-15-25)24-12-8-22(9-13-24)21-6-4-20(5-7-21)16-18-27-17-2-3-19-29/h4-7,10-11,14-15,22,24,27,29H,2-3,8-9,12-13,16-19H2,1H3/t22-,24-. The second-order valence-electron chi connectivity index (χ2n) is 8.65. The van der Waals surface area contributed by atoms with Crippen LogP contribution in [0, 0.1) is 0 Å². The Morgan fingerprint density at radius 3 is 2.25 bits per heavy atom. The molecule has 32 heavy (non-hydrogen) atoms. The number of hydrogen-bond donors (Lipinski definition) is 2. The molecule has 0 bridgehead atoms. The Balaban J connectivity index is 1.48. The van der Waals surface area contributed by atoms with Gasteiger partial charge in [-0.1, -0.05) is 35.9 Å². The first-order valence-corrected chi connectivity index (χ1v) is 13.4. The number of aliphatic hydroxyl groups excluding tert-OH is 1. The summed E-state index contributed by atoms with van der Waals surface area (Å²) in [7, 11) is -1.81. The zero-order chi connectivity index (χ0) is 23.0. The fourth-order valence-corrected chi connectivity index (χ4v) is 5.96. The van der Waals surface area contributed by atoms with Crippen molar-refractivity contribution < 1.29 is 13.5 Å². The van der Waals surface area contributed by atoms with Crippen molar-refractivity contribution in [3.8, 4) is 0 Å². The van der Waals surface area contributed by atoms with E-state index in [1.807, 2.05) is 0 Å². The Hall–Kier alpha value is -1.44. The summed E-state index contributed by atoms with van der Waals surface area (Å²) in [5.74, 6) is 0.489. The van der Waals surface area contributed by atoms with Crippen LogP contribution in [0.1, 0.15) is 55.6 Å². The Morgan fingerprint density at radius 2 is 1.62 bits per heavy atom. The Labute approximate surface area is 197 Å². The molecule has 0 atom stereocenters. The van der Waals surface area contributed by atoms with E-state index in [0.717, 1.165) is 58.0 Å². The minimum atomic E-state index is -3.50. The summed E-state index contributed by atoms with van der Waals surface area (Å²) in [4.78, 5) is 0.296. The molecule has 2 N–H and O–H groups in total. The van der Waals surface area contributed by atoms with Crippen molar-refractivity contribution in [2.75, 3.05) is 26.7 Å². The maximum atomic E-state index is 13.0. The van der Waals surface area contributed by atoms with Gasteiger partial charge in [-0.3, -0.25) is 0 Å². The third-order valence-corrected chi connectivity index (χ3v) is 8.68. The molecule has 0 aliphatic heterocycles. The largest absolute Gasteiger partial charge is 0.396 e. The molecule has 7 heteroatoms. The predicted molar refractivity (Wildman–Crippen MR) is 131 cm³/mol. The topological polar surface area (TPSA) is 69.6 Å². The number of aliphatic hydroxyl groups is 1. The van der Waals surface area contributed by atoms with E-state index < -0.39 is 10.0 Å². The first kappa shape index (κ1) is 25.2. The van der Waals surface area contributed by atoms with Crippen LogP contribution in [0.3, 0.4) is 0 Å². The fourth-order valence-electron chi connectivity index (χ4n) is 4.42. The summed E-state index contributed by atoms with van der Waals surface area (Å²) >= 11 is 5.90. The van der Waals surface area contributed by atoms with E-state index in [1.54, 1.807) is 35.6 Å². The minimum absolute atomic E-state index is 0.0307. The van der Waals surface area contributed by atoms with E-state index in [0.29, 0.717) is 15.8 Å². The van der Waals surface area contributed by atoms with E-state index in [4.69, 9.17) is 16.7 Å². The Kier molecular flexibility index (Phi) is 9.56. The van der Waals surface area contributed by atoms with Gasteiger partial charge in [-0.25, -0.2) is 8.42 Å². The third-order valence-electron chi connectivity index (χ3n) is 6.50. The smallest absolute Gasteiger partial charge is 0.243 e. The molecule has 2 aromatic carbocycles. The zero-order valence-corrected chi connectivity index (χ0v) is 20.4. The maximum absolute atomic E-state index is 13.0. The predicted octanol–water partition coefficient (Wildman–Crippen LogP) is 4.59. The van der Waals surface area contributed by atoms with Gasteiger partial charge in [0.05, 0.1) is 4.90 Å². The summed E-state index contributed by atoms with van der Waals surface area (Å²) in [5, 5.41) is 12.8. The number of rotatable bonds is 11. The minimum Gasteiger partial charge on any atom is -0.396 e. The normalized spacial score (nSPS) is 19.4. The van der Waals surface area contributed by atoms with Crippen molar-refractivity contribution >= 4 is 21.6 Å². The molecule has 1 aliphatic rings.